The maximum absolute atomic E-state index is 11.5. The molecule has 2 atom stereocenters. The third-order valence-corrected chi connectivity index (χ3v) is 6.99. The smallest absolute Gasteiger partial charge is 0.337 e. The predicted molar refractivity (Wildman–Crippen MR) is 190 cm³/mol. The van der Waals surface area contributed by atoms with Crippen molar-refractivity contribution in [1.29, 1.82) is 0 Å². The molecule has 0 aromatic heterocycles. The second-order valence-electron chi connectivity index (χ2n) is 11.5. The summed E-state index contributed by atoms with van der Waals surface area (Å²) in [4.78, 5) is 44.5. The van der Waals surface area contributed by atoms with E-state index in [0.717, 1.165) is 40.7 Å². The molecule has 0 saturated heterocycles. The van der Waals surface area contributed by atoms with Gasteiger partial charge in [0.2, 0.25) is 11.8 Å². The standard InChI is InChI=1S/C21H21NO3.C20H19NO3/c1-15(22-16(2)23)13-19-11-8-17(9-12-19)7-10-18-5-4-6-20(14-18)21(24)25-3;1-14(21-15(2)22)12-18-10-7-16(8-11-18)6-9-17-4-3-5-19(13-17)20(23)24/h4-6,8-9,11-12,14-15H,13H2,1-3H3,(H,22,23);3-5,7-8,10-11,13-14H,12H2,1-2H3,(H,21,22)(H,23,24). The van der Waals surface area contributed by atoms with Gasteiger partial charge in [0.15, 0.2) is 0 Å². The van der Waals surface area contributed by atoms with E-state index in [4.69, 9.17) is 9.84 Å². The normalized spacial score (nSPS) is 11.0. The lowest BCUT2D eigenvalue weighted by Crippen LogP contribution is -2.31. The highest BCUT2D eigenvalue weighted by molar-refractivity contribution is 5.89. The first kappa shape index (κ1) is 37.3. The Bertz CT molecular complexity index is 1890. The fourth-order valence-electron chi connectivity index (χ4n) is 4.81. The molecule has 4 aromatic rings. The second kappa shape index (κ2) is 18.9. The van der Waals surface area contributed by atoms with Crippen LogP contribution >= 0.6 is 0 Å². The molecule has 0 aliphatic rings. The average molecular weight is 657 g/mol. The minimum Gasteiger partial charge on any atom is -0.478 e. The molecule has 2 amide bonds. The minimum absolute atomic E-state index is 0.0239. The molecular weight excluding hydrogens is 616 g/mol. The Morgan fingerprint density at radius 3 is 1.39 bits per heavy atom. The molecule has 0 saturated carbocycles. The van der Waals surface area contributed by atoms with Crippen molar-refractivity contribution in [3.63, 3.8) is 0 Å². The van der Waals surface area contributed by atoms with Gasteiger partial charge in [0.05, 0.1) is 18.2 Å². The summed E-state index contributed by atoms with van der Waals surface area (Å²) < 4.78 is 4.71. The second-order valence-corrected chi connectivity index (χ2v) is 11.5. The van der Waals surface area contributed by atoms with E-state index < -0.39 is 5.97 Å². The van der Waals surface area contributed by atoms with E-state index >= 15 is 0 Å². The van der Waals surface area contributed by atoms with Gasteiger partial charge in [-0.1, -0.05) is 60.1 Å². The molecule has 0 heterocycles. The summed E-state index contributed by atoms with van der Waals surface area (Å²) in [7, 11) is 1.36. The zero-order valence-corrected chi connectivity index (χ0v) is 28.3. The topological polar surface area (TPSA) is 122 Å². The predicted octanol–water partition coefficient (Wildman–Crippen LogP) is 5.79. The van der Waals surface area contributed by atoms with Crippen LogP contribution in [-0.4, -0.2) is 48.1 Å². The van der Waals surface area contributed by atoms with E-state index in [9.17, 15) is 19.2 Å². The SMILES string of the molecule is CC(=O)NC(C)Cc1ccc(C#Cc2cccc(C(=O)O)c2)cc1.COC(=O)c1cccc(C#Cc2ccc(CC(C)NC(C)=O)cc2)c1. The molecule has 8 nitrogen and oxygen atoms in total. The van der Waals surface area contributed by atoms with Crippen molar-refractivity contribution >= 4 is 23.8 Å². The molecule has 4 aromatic carbocycles. The number of nitrogens with one attached hydrogen (secondary N) is 2. The summed E-state index contributed by atoms with van der Waals surface area (Å²) in [6.07, 6.45) is 1.53. The van der Waals surface area contributed by atoms with Crippen LogP contribution in [0.4, 0.5) is 0 Å². The average Bonchev–Trinajstić information content (AvgIpc) is 3.07. The maximum atomic E-state index is 11.5. The van der Waals surface area contributed by atoms with Crippen LogP contribution in [0.25, 0.3) is 0 Å². The fourth-order valence-corrected chi connectivity index (χ4v) is 4.81. The number of carbonyl (C=O) groups is 4. The maximum Gasteiger partial charge on any atom is 0.337 e. The molecule has 0 aliphatic carbocycles. The van der Waals surface area contributed by atoms with Crippen molar-refractivity contribution in [3.8, 4) is 23.7 Å². The Hall–Kier alpha value is -6.12. The van der Waals surface area contributed by atoms with E-state index in [1.807, 2.05) is 68.4 Å². The Morgan fingerprint density at radius 1 is 0.612 bits per heavy atom. The monoisotopic (exact) mass is 656 g/mol. The number of carboxylic acid groups (broad SMARTS) is 1. The number of hydrogen-bond acceptors (Lipinski definition) is 5. The number of benzene rings is 4. The van der Waals surface area contributed by atoms with Crippen LogP contribution in [0.5, 0.6) is 0 Å². The molecule has 4 rings (SSSR count). The van der Waals surface area contributed by atoms with Crippen molar-refractivity contribution < 1.29 is 29.0 Å². The molecule has 0 bridgehead atoms. The highest BCUT2D eigenvalue weighted by Crippen LogP contribution is 2.10. The number of aromatic carboxylic acids is 1. The number of esters is 1. The molecule has 2 unspecified atom stereocenters. The third kappa shape index (κ3) is 13.6. The number of ether oxygens (including phenoxy) is 1. The van der Waals surface area contributed by atoms with Crippen LogP contribution in [0.2, 0.25) is 0 Å². The first-order valence-electron chi connectivity index (χ1n) is 15.7. The van der Waals surface area contributed by atoms with Crippen molar-refractivity contribution in [2.75, 3.05) is 7.11 Å². The first-order valence-corrected chi connectivity index (χ1v) is 15.7. The van der Waals surface area contributed by atoms with Crippen LogP contribution in [0.3, 0.4) is 0 Å². The summed E-state index contributed by atoms with van der Waals surface area (Å²) in [5.41, 5.74) is 6.13. The lowest BCUT2D eigenvalue weighted by molar-refractivity contribution is -0.120. The van der Waals surface area contributed by atoms with Crippen LogP contribution in [0.15, 0.2) is 97.1 Å². The largest absolute Gasteiger partial charge is 0.478 e. The summed E-state index contributed by atoms with van der Waals surface area (Å²) in [6.45, 7) is 6.97. The third-order valence-electron chi connectivity index (χ3n) is 6.99. The Balaban J connectivity index is 0.000000266. The zero-order chi connectivity index (χ0) is 35.8. The van der Waals surface area contributed by atoms with E-state index in [-0.39, 0.29) is 35.4 Å². The van der Waals surface area contributed by atoms with Crippen LogP contribution in [-0.2, 0) is 27.2 Å². The van der Waals surface area contributed by atoms with Gasteiger partial charge >= 0.3 is 11.9 Å². The highest BCUT2D eigenvalue weighted by Gasteiger charge is 2.07. The molecule has 3 N–H and O–H groups in total. The van der Waals surface area contributed by atoms with Gasteiger partial charge in [-0.2, -0.15) is 0 Å². The van der Waals surface area contributed by atoms with E-state index in [1.165, 1.54) is 21.0 Å². The van der Waals surface area contributed by atoms with Crippen molar-refractivity contribution in [2.24, 2.45) is 0 Å². The van der Waals surface area contributed by atoms with Crippen LogP contribution in [0, 0.1) is 23.7 Å². The summed E-state index contributed by atoms with van der Waals surface area (Å²) in [5.74, 6) is 10.7. The van der Waals surface area contributed by atoms with Gasteiger partial charge in [0, 0.05) is 48.2 Å². The van der Waals surface area contributed by atoms with Gasteiger partial charge in [0.1, 0.15) is 0 Å². The number of rotatable bonds is 8. The van der Waals surface area contributed by atoms with Gasteiger partial charge in [-0.15, -0.1) is 0 Å². The Kier molecular flexibility index (Phi) is 14.4. The molecule has 0 aliphatic heterocycles. The summed E-state index contributed by atoms with van der Waals surface area (Å²) in [5, 5.41) is 14.7. The molecular formula is C41H40N2O6. The molecule has 0 spiro atoms. The summed E-state index contributed by atoms with van der Waals surface area (Å²) >= 11 is 0. The van der Waals surface area contributed by atoms with E-state index in [0.29, 0.717) is 11.1 Å². The minimum atomic E-state index is -0.962. The quantitative estimate of drug-likeness (QED) is 0.163. The lowest BCUT2D eigenvalue weighted by atomic mass is 10.0. The molecule has 0 radical (unpaired) electrons. The number of methoxy groups -OCH3 is 1. The van der Waals surface area contributed by atoms with Crippen LogP contribution < -0.4 is 10.6 Å². The molecule has 250 valence electrons. The molecule has 49 heavy (non-hydrogen) atoms. The van der Waals surface area contributed by atoms with Gasteiger partial charge in [0.25, 0.3) is 0 Å². The zero-order valence-electron chi connectivity index (χ0n) is 28.3. The summed E-state index contributed by atoms with van der Waals surface area (Å²) in [6, 6.07) is 29.5. The van der Waals surface area contributed by atoms with E-state index in [2.05, 4.69) is 34.3 Å². The highest BCUT2D eigenvalue weighted by atomic mass is 16.5. The first-order chi connectivity index (χ1) is 23.4. The lowest BCUT2D eigenvalue weighted by Gasteiger charge is -2.12. The molecule has 0 fully saturated rings. The van der Waals surface area contributed by atoms with Gasteiger partial charge < -0.3 is 20.5 Å². The molecule has 8 heteroatoms. The van der Waals surface area contributed by atoms with Crippen LogP contribution in [0.1, 0.15) is 81.8 Å². The van der Waals surface area contributed by atoms with E-state index in [1.54, 1.807) is 42.5 Å². The number of amides is 2. The fraction of sp³-hybridized carbons (Fsp3) is 0.220. The van der Waals surface area contributed by atoms with Gasteiger partial charge in [-0.25, -0.2) is 9.59 Å². The van der Waals surface area contributed by atoms with Crippen molar-refractivity contribution in [2.45, 2.75) is 52.6 Å². The van der Waals surface area contributed by atoms with Crippen molar-refractivity contribution in [1.82, 2.24) is 10.6 Å². The number of carbonyl (C=O) groups excluding carboxylic acids is 3. The van der Waals surface area contributed by atoms with Gasteiger partial charge in [-0.3, -0.25) is 9.59 Å². The van der Waals surface area contributed by atoms with Crippen molar-refractivity contribution in [3.05, 3.63) is 142 Å². The Morgan fingerprint density at radius 2 is 1.00 bits per heavy atom. The van der Waals surface area contributed by atoms with Gasteiger partial charge in [-0.05, 0) is 98.5 Å². The number of hydrogen-bond donors (Lipinski definition) is 3. The number of carboxylic acids is 1. The Labute approximate surface area is 287 Å².